The van der Waals surface area contributed by atoms with Gasteiger partial charge >= 0.3 is 0 Å². The molecule has 3 heterocycles. The highest BCUT2D eigenvalue weighted by Crippen LogP contribution is 2.36. The molecule has 0 saturated heterocycles. The largest absolute Gasteiger partial charge is 0.319 e. The van der Waals surface area contributed by atoms with Crippen molar-refractivity contribution in [3.05, 3.63) is 47.5 Å². The molecule has 10 nitrogen and oxygen atoms in total. The van der Waals surface area contributed by atoms with Gasteiger partial charge in [0.15, 0.2) is 5.82 Å². The lowest BCUT2D eigenvalue weighted by atomic mass is 10.2. The van der Waals surface area contributed by atoms with Gasteiger partial charge in [0.2, 0.25) is 5.82 Å². The molecule has 10 heteroatoms. The third-order valence-electron chi connectivity index (χ3n) is 4.61. The molecular formula is C18H17N9O. The summed E-state index contributed by atoms with van der Waals surface area (Å²) in [5.74, 6) is 0.824. The molecule has 28 heavy (non-hydrogen) atoms. The van der Waals surface area contributed by atoms with E-state index in [0.717, 1.165) is 35.6 Å². The predicted molar refractivity (Wildman–Crippen MR) is 99.7 cm³/mol. The maximum atomic E-state index is 12.5. The van der Waals surface area contributed by atoms with Crippen molar-refractivity contribution in [1.29, 1.82) is 0 Å². The van der Waals surface area contributed by atoms with Crippen molar-refractivity contribution in [1.82, 2.24) is 39.8 Å². The number of fused-ring (bicyclic) bond motifs is 1. The standard InChI is InChI=1S/C18H17N9O/c1-10-9-11(2)26-18(19-10)21-15(23-26)17(28)20-13-5-3-12(4-6-13)16-22-24-25-27(16)14-7-8-14/h3-6,9,14H,7-8H2,1-2H3,(H,20,28). The highest BCUT2D eigenvalue weighted by Gasteiger charge is 2.28. The van der Waals surface area contributed by atoms with E-state index in [1.165, 1.54) is 0 Å². The first-order chi connectivity index (χ1) is 13.6. The highest BCUT2D eigenvalue weighted by atomic mass is 16.2. The van der Waals surface area contributed by atoms with Crippen molar-refractivity contribution in [3.8, 4) is 11.4 Å². The summed E-state index contributed by atoms with van der Waals surface area (Å²) >= 11 is 0. The number of benzene rings is 1. The number of aryl methyl sites for hydroxylation is 2. The lowest BCUT2D eigenvalue weighted by molar-refractivity contribution is 0.101. The number of amides is 1. The maximum Gasteiger partial charge on any atom is 0.295 e. The van der Waals surface area contributed by atoms with Crippen LogP contribution in [-0.4, -0.2) is 45.7 Å². The van der Waals surface area contributed by atoms with Crippen LogP contribution in [0.15, 0.2) is 30.3 Å². The van der Waals surface area contributed by atoms with Crippen LogP contribution in [0.3, 0.4) is 0 Å². The van der Waals surface area contributed by atoms with Gasteiger partial charge in [0, 0.05) is 22.6 Å². The number of anilines is 1. The average Bonchev–Trinajstić information content (AvgIpc) is 3.23. The quantitative estimate of drug-likeness (QED) is 0.580. The Morgan fingerprint density at radius 3 is 2.68 bits per heavy atom. The van der Waals surface area contributed by atoms with Crippen LogP contribution in [-0.2, 0) is 0 Å². The molecule has 0 atom stereocenters. The van der Waals surface area contributed by atoms with Crippen LogP contribution >= 0.6 is 0 Å². The van der Waals surface area contributed by atoms with Gasteiger partial charge in [-0.3, -0.25) is 4.79 Å². The monoisotopic (exact) mass is 375 g/mol. The average molecular weight is 375 g/mol. The molecule has 0 unspecified atom stereocenters. The van der Waals surface area contributed by atoms with E-state index in [4.69, 9.17) is 0 Å². The lowest BCUT2D eigenvalue weighted by Crippen LogP contribution is -2.14. The number of hydrogen-bond acceptors (Lipinski definition) is 7. The summed E-state index contributed by atoms with van der Waals surface area (Å²) in [6.45, 7) is 3.77. The van der Waals surface area contributed by atoms with E-state index in [1.807, 2.05) is 48.9 Å². The first-order valence-electron chi connectivity index (χ1n) is 8.99. The summed E-state index contributed by atoms with van der Waals surface area (Å²) < 4.78 is 3.41. The Balaban J connectivity index is 1.36. The molecule has 1 aliphatic carbocycles. The minimum atomic E-state index is -0.391. The molecular weight excluding hydrogens is 358 g/mol. The molecule has 0 radical (unpaired) electrons. The van der Waals surface area contributed by atoms with E-state index in [2.05, 4.69) is 35.9 Å². The summed E-state index contributed by atoms with van der Waals surface area (Å²) in [6, 6.07) is 9.66. The van der Waals surface area contributed by atoms with Crippen LogP contribution < -0.4 is 5.32 Å². The van der Waals surface area contributed by atoms with Crippen molar-refractivity contribution < 1.29 is 4.79 Å². The van der Waals surface area contributed by atoms with Crippen molar-refractivity contribution in [2.45, 2.75) is 32.7 Å². The van der Waals surface area contributed by atoms with E-state index in [9.17, 15) is 4.79 Å². The number of aromatic nitrogens is 8. The van der Waals surface area contributed by atoms with E-state index >= 15 is 0 Å². The van der Waals surface area contributed by atoms with Crippen LogP contribution in [0.4, 0.5) is 5.69 Å². The molecule has 0 spiro atoms. The zero-order valence-electron chi connectivity index (χ0n) is 15.4. The Kier molecular flexibility index (Phi) is 3.64. The number of nitrogens with one attached hydrogen (secondary N) is 1. The van der Waals surface area contributed by atoms with Gasteiger partial charge in [-0.2, -0.15) is 4.98 Å². The highest BCUT2D eigenvalue weighted by molar-refractivity contribution is 6.01. The van der Waals surface area contributed by atoms with E-state index in [1.54, 1.807) is 4.52 Å². The summed E-state index contributed by atoms with van der Waals surface area (Å²) in [4.78, 5) is 21.1. The lowest BCUT2D eigenvalue weighted by Gasteiger charge is -2.05. The smallest absolute Gasteiger partial charge is 0.295 e. The Morgan fingerprint density at radius 1 is 1.14 bits per heavy atom. The van der Waals surface area contributed by atoms with Crippen molar-refractivity contribution in [2.75, 3.05) is 5.32 Å². The molecule has 5 rings (SSSR count). The van der Waals surface area contributed by atoms with Gasteiger partial charge in [-0.1, -0.05) is 0 Å². The Morgan fingerprint density at radius 2 is 1.93 bits per heavy atom. The van der Waals surface area contributed by atoms with Crippen LogP contribution in [0, 0.1) is 13.8 Å². The number of carbonyl (C=O) groups is 1. The van der Waals surface area contributed by atoms with Crippen molar-refractivity contribution in [3.63, 3.8) is 0 Å². The molecule has 140 valence electrons. The molecule has 3 aromatic heterocycles. The topological polar surface area (TPSA) is 116 Å². The summed E-state index contributed by atoms with van der Waals surface area (Å²) in [5.41, 5.74) is 3.23. The molecule has 1 fully saturated rings. The van der Waals surface area contributed by atoms with E-state index < -0.39 is 5.91 Å². The number of nitrogens with zero attached hydrogens (tertiary/aromatic N) is 8. The van der Waals surface area contributed by atoms with Crippen molar-refractivity contribution >= 4 is 17.4 Å². The second kappa shape index (κ2) is 6.19. The predicted octanol–water partition coefficient (Wildman–Crippen LogP) is 1.98. The number of rotatable bonds is 4. The third kappa shape index (κ3) is 2.88. The van der Waals surface area contributed by atoms with Crippen LogP contribution in [0.25, 0.3) is 17.2 Å². The SMILES string of the molecule is Cc1cc(C)n2nc(C(=O)Nc3ccc(-c4nnnn4C4CC4)cc3)nc2n1. The van der Waals surface area contributed by atoms with Gasteiger partial charge < -0.3 is 5.32 Å². The molecule has 4 aromatic rings. The normalized spacial score (nSPS) is 13.8. The van der Waals surface area contributed by atoms with Gasteiger partial charge in [-0.15, -0.1) is 10.2 Å². The number of tetrazole rings is 1. The molecule has 1 aromatic carbocycles. The molecule has 1 saturated carbocycles. The molecule has 0 bridgehead atoms. The molecule has 1 N–H and O–H groups in total. The third-order valence-corrected chi connectivity index (χ3v) is 4.61. The van der Waals surface area contributed by atoms with Gasteiger partial charge in [-0.25, -0.2) is 14.2 Å². The van der Waals surface area contributed by atoms with Crippen LogP contribution in [0.2, 0.25) is 0 Å². The zero-order chi connectivity index (χ0) is 19.3. The second-order valence-corrected chi connectivity index (χ2v) is 6.90. The molecule has 0 aliphatic heterocycles. The zero-order valence-corrected chi connectivity index (χ0v) is 15.4. The Hall–Kier alpha value is -3.69. The van der Waals surface area contributed by atoms with Crippen LogP contribution in [0.5, 0.6) is 0 Å². The fourth-order valence-electron chi connectivity index (χ4n) is 3.10. The van der Waals surface area contributed by atoms with Gasteiger partial charge in [0.1, 0.15) is 0 Å². The van der Waals surface area contributed by atoms with Crippen molar-refractivity contribution in [2.24, 2.45) is 0 Å². The fraction of sp³-hybridized carbons (Fsp3) is 0.278. The van der Waals surface area contributed by atoms with Gasteiger partial charge in [0.25, 0.3) is 11.7 Å². The number of hydrogen-bond donors (Lipinski definition) is 1. The maximum absolute atomic E-state index is 12.5. The fourth-order valence-corrected chi connectivity index (χ4v) is 3.10. The minimum Gasteiger partial charge on any atom is -0.319 e. The summed E-state index contributed by atoms with van der Waals surface area (Å²) in [6.07, 6.45) is 2.21. The second-order valence-electron chi connectivity index (χ2n) is 6.90. The Labute approximate surface area is 159 Å². The summed E-state index contributed by atoms with van der Waals surface area (Å²) in [7, 11) is 0. The van der Waals surface area contributed by atoms with E-state index in [0.29, 0.717) is 17.5 Å². The number of carbonyl (C=O) groups excluding carboxylic acids is 1. The van der Waals surface area contributed by atoms with Gasteiger partial charge in [-0.05, 0) is 67.4 Å². The first kappa shape index (κ1) is 16.5. The minimum absolute atomic E-state index is 0.0722. The molecule has 1 aliphatic rings. The summed E-state index contributed by atoms with van der Waals surface area (Å²) in [5, 5.41) is 19.0. The Bertz CT molecular complexity index is 1190. The van der Waals surface area contributed by atoms with E-state index in [-0.39, 0.29) is 5.82 Å². The first-order valence-corrected chi connectivity index (χ1v) is 8.99. The van der Waals surface area contributed by atoms with Gasteiger partial charge in [0.05, 0.1) is 6.04 Å². The molecule has 1 amide bonds. The van der Waals surface area contributed by atoms with Crippen LogP contribution in [0.1, 0.15) is 40.9 Å².